The molecule has 0 radical (unpaired) electrons. The van der Waals surface area contributed by atoms with Gasteiger partial charge in [-0.2, -0.15) is 5.26 Å². The molecule has 0 amide bonds. The summed E-state index contributed by atoms with van der Waals surface area (Å²) < 4.78 is 33.5. The van der Waals surface area contributed by atoms with Crippen molar-refractivity contribution < 1.29 is 13.2 Å². The highest BCUT2D eigenvalue weighted by atomic mass is 32.2. The second-order valence-electron chi connectivity index (χ2n) is 6.20. The van der Waals surface area contributed by atoms with Crippen LogP contribution in [0.1, 0.15) is 29.7 Å². The van der Waals surface area contributed by atoms with Gasteiger partial charge in [-0.25, -0.2) is 13.1 Å². The van der Waals surface area contributed by atoms with Gasteiger partial charge in [0.2, 0.25) is 10.0 Å². The van der Waals surface area contributed by atoms with Crippen LogP contribution in [0.5, 0.6) is 5.75 Å². The van der Waals surface area contributed by atoms with Gasteiger partial charge in [0.1, 0.15) is 12.4 Å². The molecule has 1 aromatic heterocycles. The third kappa shape index (κ3) is 4.94. The van der Waals surface area contributed by atoms with Crippen LogP contribution in [0.25, 0.3) is 0 Å². The van der Waals surface area contributed by atoms with Crippen molar-refractivity contribution in [2.75, 3.05) is 0 Å². The van der Waals surface area contributed by atoms with E-state index in [-0.39, 0.29) is 4.90 Å². The number of sulfonamides is 1. The van der Waals surface area contributed by atoms with Crippen LogP contribution in [0.15, 0.2) is 78.0 Å². The van der Waals surface area contributed by atoms with Crippen molar-refractivity contribution in [3.63, 3.8) is 0 Å². The lowest BCUT2D eigenvalue weighted by molar-refractivity contribution is 0.305. The minimum atomic E-state index is -3.74. The lowest BCUT2D eigenvalue weighted by atomic mass is 10.1. The van der Waals surface area contributed by atoms with Crippen molar-refractivity contribution in [2.24, 2.45) is 0 Å². The molecule has 0 saturated carbocycles. The van der Waals surface area contributed by atoms with Crippen molar-refractivity contribution in [2.45, 2.75) is 24.5 Å². The molecule has 1 heterocycles. The average Bonchev–Trinajstić information content (AvgIpc) is 2.73. The number of benzene rings is 2. The third-order valence-corrected chi connectivity index (χ3v) is 5.65. The summed E-state index contributed by atoms with van der Waals surface area (Å²) in [7, 11) is -3.74. The van der Waals surface area contributed by atoms with Gasteiger partial charge < -0.3 is 4.74 Å². The quantitative estimate of drug-likeness (QED) is 0.662. The minimum Gasteiger partial charge on any atom is -0.489 e. The van der Waals surface area contributed by atoms with Crippen LogP contribution in [0.4, 0.5) is 0 Å². The number of aromatic nitrogens is 1. The van der Waals surface area contributed by atoms with Gasteiger partial charge in [-0.1, -0.05) is 24.3 Å². The van der Waals surface area contributed by atoms with Crippen LogP contribution in [-0.4, -0.2) is 13.4 Å². The van der Waals surface area contributed by atoms with E-state index in [9.17, 15) is 8.42 Å². The fraction of sp³-hybridized carbons (Fsp3) is 0.143. The molecule has 6 nitrogen and oxygen atoms in total. The van der Waals surface area contributed by atoms with E-state index in [1.807, 2.05) is 30.3 Å². The van der Waals surface area contributed by atoms with Gasteiger partial charge in [0.25, 0.3) is 0 Å². The standard InChI is InChI=1S/C21H19N3O3S/c1-16(24-28(25,26)21-6-2-4-17(12-21)13-22)19-7-9-20(10-8-19)27-15-18-5-3-11-23-14-18/h2-12,14,16,24H,15H2,1H3. The van der Waals surface area contributed by atoms with Crippen molar-refractivity contribution in [1.82, 2.24) is 9.71 Å². The molecule has 1 unspecified atom stereocenters. The molecule has 3 aromatic rings. The van der Waals surface area contributed by atoms with E-state index in [4.69, 9.17) is 10.00 Å². The predicted molar refractivity (Wildman–Crippen MR) is 105 cm³/mol. The molecular formula is C21H19N3O3S. The Labute approximate surface area is 164 Å². The molecule has 0 saturated heterocycles. The first-order chi connectivity index (χ1) is 13.5. The van der Waals surface area contributed by atoms with Crippen molar-refractivity contribution in [3.05, 3.63) is 89.7 Å². The smallest absolute Gasteiger partial charge is 0.241 e. The Morgan fingerprint density at radius 1 is 1.14 bits per heavy atom. The van der Waals surface area contributed by atoms with Gasteiger partial charge in [-0.15, -0.1) is 0 Å². The van der Waals surface area contributed by atoms with Gasteiger partial charge in [0.15, 0.2) is 0 Å². The number of nitrogens with zero attached hydrogens (tertiary/aromatic N) is 2. The normalized spacial score (nSPS) is 12.1. The summed E-state index contributed by atoms with van der Waals surface area (Å²) in [5.74, 6) is 0.685. The van der Waals surface area contributed by atoms with E-state index >= 15 is 0 Å². The number of nitrogens with one attached hydrogen (secondary N) is 1. The Morgan fingerprint density at radius 2 is 1.93 bits per heavy atom. The van der Waals surface area contributed by atoms with Gasteiger partial charge >= 0.3 is 0 Å². The maximum absolute atomic E-state index is 12.6. The largest absolute Gasteiger partial charge is 0.489 e. The first-order valence-electron chi connectivity index (χ1n) is 8.62. The van der Waals surface area contributed by atoms with Crippen LogP contribution in [0, 0.1) is 11.3 Å². The molecule has 3 rings (SSSR count). The SMILES string of the molecule is CC(NS(=O)(=O)c1cccc(C#N)c1)c1ccc(OCc2cccnc2)cc1. The van der Waals surface area contributed by atoms with E-state index in [0.717, 1.165) is 11.1 Å². The lowest BCUT2D eigenvalue weighted by Gasteiger charge is -2.15. The number of pyridine rings is 1. The van der Waals surface area contributed by atoms with E-state index in [1.165, 1.54) is 12.1 Å². The fourth-order valence-electron chi connectivity index (χ4n) is 2.60. The second-order valence-corrected chi connectivity index (χ2v) is 7.92. The highest BCUT2D eigenvalue weighted by Crippen LogP contribution is 2.21. The third-order valence-electron chi connectivity index (χ3n) is 4.11. The van der Waals surface area contributed by atoms with Crippen LogP contribution < -0.4 is 9.46 Å². The molecule has 28 heavy (non-hydrogen) atoms. The summed E-state index contributed by atoms with van der Waals surface area (Å²) in [4.78, 5) is 4.11. The molecule has 142 valence electrons. The molecule has 1 N–H and O–H groups in total. The molecule has 7 heteroatoms. The van der Waals surface area contributed by atoms with Crippen molar-refractivity contribution in [1.29, 1.82) is 5.26 Å². The molecule has 0 bridgehead atoms. The van der Waals surface area contributed by atoms with Crippen molar-refractivity contribution in [3.8, 4) is 11.8 Å². The minimum absolute atomic E-state index is 0.0647. The van der Waals surface area contributed by atoms with Crippen LogP contribution in [0.3, 0.4) is 0 Å². The topological polar surface area (TPSA) is 92.1 Å². The monoisotopic (exact) mass is 393 g/mol. The molecule has 1 atom stereocenters. The van der Waals surface area contributed by atoms with Crippen LogP contribution in [-0.2, 0) is 16.6 Å². The van der Waals surface area contributed by atoms with Crippen LogP contribution in [0.2, 0.25) is 0 Å². The summed E-state index contributed by atoms with van der Waals surface area (Å²) in [6.07, 6.45) is 3.45. The molecule has 0 aliphatic heterocycles. The van der Waals surface area contributed by atoms with Gasteiger partial charge in [-0.3, -0.25) is 4.98 Å². The van der Waals surface area contributed by atoms with E-state index in [1.54, 1.807) is 43.6 Å². The highest BCUT2D eigenvalue weighted by Gasteiger charge is 2.18. The Bertz CT molecular complexity index is 1080. The van der Waals surface area contributed by atoms with E-state index in [2.05, 4.69) is 9.71 Å². The van der Waals surface area contributed by atoms with Gasteiger partial charge in [-0.05, 0) is 48.9 Å². The zero-order chi connectivity index (χ0) is 20.0. The average molecular weight is 393 g/mol. The maximum atomic E-state index is 12.6. The molecule has 0 fully saturated rings. The number of ether oxygens (including phenoxy) is 1. The summed E-state index contributed by atoms with van der Waals surface area (Å²) in [5, 5.41) is 8.95. The fourth-order valence-corrected chi connectivity index (χ4v) is 3.88. The van der Waals surface area contributed by atoms with Gasteiger partial charge in [0, 0.05) is 24.0 Å². The molecule has 0 aliphatic carbocycles. The predicted octanol–water partition coefficient (Wildman–Crippen LogP) is 3.57. The molecular weight excluding hydrogens is 374 g/mol. The molecule has 2 aromatic carbocycles. The first kappa shape index (κ1) is 19.5. The summed E-state index contributed by atoms with van der Waals surface area (Å²) in [6, 6.07) is 18.4. The Balaban J connectivity index is 1.65. The first-order valence-corrected chi connectivity index (χ1v) is 10.1. The van der Waals surface area contributed by atoms with Crippen molar-refractivity contribution >= 4 is 10.0 Å². The molecule has 0 spiro atoms. The van der Waals surface area contributed by atoms with E-state index in [0.29, 0.717) is 17.9 Å². The Hall–Kier alpha value is -3.21. The summed E-state index contributed by atoms with van der Waals surface area (Å²) in [5.41, 5.74) is 2.06. The Kier molecular flexibility index (Phi) is 6.04. The number of hydrogen-bond donors (Lipinski definition) is 1. The summed E-state index contributed by atoms with van der Waals surface area (Å²) in [6.45, 7) is 2.17. The lowest BCUT2D eigenvalue weighted by Crippen LogP contribution is -2.26. The zero-order valence-electron chi connectivity index (χ0n) is 15.2. The Morgan fingerprint density at radius 3 is 2.61 bits per heavy atom. The maximum Gasteiger partial charge on any atom is 0.241 e. The second kappa shape index (κ2) is 8.65. The zero-order valence-corrected chi connectivity index (χ0v) is 16.1. The van der Waals surface area contributed by atoms with E-state index < -0.39 is 16.1 Å². The summed E-state index contributed by atoms with van der Waals surface area (Å²) >= 11 is 0. The molecule has 0 aliphatic rings. The van der Waals surface area contributed by atoms with Crippen LogP contribution >= 0.6 is 0 Å². The number of rotatable bonds is 7. The van der Waals surface area contributed by atoms with Gasteiger partial charge in [0.05, 0.1) is 16.5 Å². The highest BCUT2D eigenvalue weighted by molar-refractivity contribution is 7.89. The number of nitriles is 1. The number of hydrogen-bond acceptors (Lipinski definition) is 5.